The van der Waals surface area contributed by atoms with Crippen LogP contribution in [0.4, 0.5) is 11.4 Å². The molecule has 1 aromatic rings. The van der Waals surface area contributed by atoms with Gasteiger partial charge in [0.05, 0.1) is 6.54 Å². The van der Waals surface area contributed by atoms with Crippen LogP contribution in [0, 0.1) is 5.92 Å². The molecule has 4 N–H and O–H groups in total. The number of carbonyl (C=O) groups excluding carboxylic acids is 2. The lowest BCUT2D eigenvalue weighted by Gasteiger charge is -2.25. The molecule has 148 valence electrons. The number of anilines is 2. The average Bonchev–Trinajstić information content (AvgIpc) is 2.90. The van der Waals surface area contributed by atoms with Crippen LogP contribution in [0.2, 0.25) is 0 Å². The maximum absolute atomic E-state index is 12.5. The highest BCUT2D eigenvalue weighted by Crippen LogP contribution is 2.25. The van der Waals surface area contributed by atoms with Crippen LogP contribution in [0.1, 0.15) is 51.4 Å². The first-order chi connectivity index (χ1) is 13.1. The molecule has 1 aliphatic heterocycles. The van der Waals surface area contributed by atoms with E-state index < -0.39 is 0 Å². The number of nitrogens with two attached hydrogens (primary N) is 1. The van der Waals surface area contributed by atoms with Crippen molar-refractivity contribution in [3.8, 4) is 0 Å². The lowest BCUT2D eigenvalue weighted by molar-refractivity contribution is -0.121. The average molecular weight is 373 g/mol. The monoisotopic (exact) mass is 372 g/mol. The second kappa shape index (κ2) is 9.85. The van der Waals surface area contributed by atoms with Crippen LogP contribution in [0.15, 0.2) is 24.3 Å². The summed E-state index contributed by atoms with van der Waals surface area (Å²) in [5.41, 5.74) is 7.42. The number of hydrogen-bond donors (Lipinski definition) is 3. The van der Waals surface area contributed by atoms with E-state index in [1.165, 1.54) is 25.7 Å². The third-order valence-corrected chi connectivity index (χ3v) is 5.57. The van der Waals surface area contributed by atoms with E-state index in [0.29, 0.717) is 17.9 Å². The molecule has 2 atom stereocenters. The fourth-order valence-corrected chi connectivity index (χ4v) is 4.08. The van der Waals surface area contributed by atoms with Crippen molar-refractivity contribution < 1.29 is 9.59 Å². The lowest BCUT2D eigenvalue weighted by Crippen LogP contribution is -2.34. The van der Waals surface area contributed by atoms with Gasteiger partial charge >= 0.3 is 0 Å². The van der Waals surface area contributed by atoms with Crippen LogP contribution < -0.4 is 16.4 Å². The molecule has 2 fully saturated rings. The van der Waals surface area contributed by atoms with Gasteiger partial charge in [-0.2, -0.15) is 0 Å². The van der Waals surface area contributed by atoms with Gasteiger partial charge in [-0.15, -0.1) is 0 Å². The molecule has 2 unspecified atom stereocenters. The lowest BCUT2D eigenvalue weighted by atomic mass is 9.85. The molecule has 1 heterocycles. The smallest absolute Gasteiger partial charge is 0.238 e. The quantitative estimate of drug-likeness (QED) is 0.741. The highest BCUT2D eigenvalue weighted by Gasteiger charge is 2.25. The summed E-state index contributed by atoms with van der Waals surface area (Å²) in [4.78, 5) is 27.1. The van der Waals surface area contributed by atoms with Crippen LogP contribution >= 0.6 is 0 Å². The van der Waals surface area contributed by atoms with Crippen LogP contribution in [0.3, 0.4) is 0 Å². The van der Waals surface area contributed by atoms with E-state index in [-0.39, 0.29) is 23.8 Å². The minimum atomic E-state index is -0.0185. The van der Waals surface area contributed by atoms with Crippen molar-refractivity contribution in [3.63, 3.8) is 0 Å². The molecule has 1 saturated heterocycles. The van der Waals surface area contributed by atoms with E-state index >= 15 is 0 Å². The maximum atomic E-state index is 12.5. The second-order valence-corrected chi connectivity index (χ2v) is 7.93. The Hall–Kier alpha value is -1.92. The summed E-state index contributed by atoms with van der Waals surface area (Å²) in [5.74, 6) is 0.00635. The standard InChI is InChI=1S/C21H32N4O2/c22-17-8-5-7-16(13-17)21(27)24-19-10-6-9-18(14-19)23-20(26)15-25-11-3-1-2-4-12-25/h6,9-10,14,16-17H,1-5,7-8,11-13,15,22H2,(H,23,26)(H,24,27). The number of nitrogens with zero attached hydrogens (tertiary/aromatic N) is 1. The molecule has 1 aromatic carbocycles. The third-order valence-electron chi connectivity index (χ3n) is 5.57. The molecule has 0 aromatic heterocycles. The van der Waals surface area contributed by atoms with Gasteiger partial charge in [0.15, 0.2) is 0 Å². The van der Waals surface area contributed by atoms with E-state index in [4.69, 9.17) is 5.73 Å². The van der Waals surface area contributed by atoms with Gasteiger partial charge in [-0.25, -0.2) is 0 Å². The van der Waals surface area contributed by atoms with Gasteiger partial charge < -0.3 is 16.4 Å². The maximum Gasteiger partial charge on any atom is 0.238 e. The number of likely N-dealkylation sites (tertiary alicyclic amines) is 1. The van der Waals surface area contributed by atoms with Gasteiger partial charge in [0.25, 0.3) is 0 Å². The van der Waals surface area contributed by atoms with Crippen LogP contribution in [-0.4, -0.2) is 42.4 Å². The number of carbonyl (C=O) groups is 2. The highest BCUT2D eigenvalue weighted by atomic mass is 16.2. The van der Waals surface area contributed by atoms with Crippen LogP contribution in [0.5, 0.6) is 0 Å². The molecular formula is C21H32N4O2. The van der Waals surface area contributed by atoms with Crippen molar-refractivity contribution in [2.45, 2.75) is 57.4 Å². The Bertz CT molecular complexity index is 641. The summed E-state index contributed by atoms with van der Waals surface area (Å²) in [7, 11) is 0. The number of amides is 2. The molecule has 6 heteroatoms. The molecule has 1 aliphatic carbocycles. The Morgan fingerprint density at radius 1 is 1.00 bits per heavy atom. The molecular weight excluding hydrogens is 340 g/mol. The summed E-state index contributed by atoms with van der Waals surface area (Å²) < 4.78 is 0. The zero-order chi connectivity index (χ0) is 19.1. The SMILES string of the molecule is NC1CCCC(C(=O)Nc2cccc(NC(=O)CN3CCCCCC3)c2)C1. The molecule has 2 amide bonds. The zero-order valence-corrected chi connectivity index (χ0v) is 16.1. The zero-order valence-electron chi connectivity index (χ0n) is 16.1. The first kappa shape index (κ1) is 19.8. The first-order valence-electron chi connectivity index (χ1n) is 10.3. The summed E-state index contributed by atoms with van der Waals surface area (Å²) in [6, 6.07) is 7.50. The molecule has 0 bridgehead atoms. The molecule has 3 rings (SSSR count). The fourth-order valence-electron chi connectivity index (χ4n) is 4.08. The van der Waals surface area contributed by atoms with E-state index in [2.05, 4.69) is 15.5 Å². The van der Waals surface area contributed by atoms with Crippen LogP contribution in [0.25, 0.3) is 0 Å². The van der Waals surface area contributed by atoms with Gasteiger partial charge in [-0.1, -0.05) is 25.3 Å². The minimum Gasteiger partial charge on any atom is -0.328 e. The predicted octanol–water partition coefficient (Wildman–Crippen LogP) is 2.96. The number of benzene rings is 1. The fraction of sp³-hybridized carbons (Fsp3) is 0.619. The topological polar surface area (TPSA) is 87.5 Å². The Labute approximate surface area is 161 Å². The van der Waals surface area contributed by atoms with E-state index in [9.17, 15) is 9.59 Å². The van der Waals surface area contributed by atoms with E-state index in [1.807, 2.05) is 24.3 Å². The minimum absolute atomic E-state index is 0.00127. The largest absolute Gasteiger partial charge is 0.328 e. The Balaban J connectivity index is 1.52. The van der Waals surface area contributed by atoms with Crippen molar-refractivity contribution in [2.75, 3.05) is 30.3 Å². The van der Waals surface area contributed by atoms with Gasteiger partial charge in [0.1, 0.15) is 0 Å². The Morgan fingerprint density at radius 2 is 1.70 bits per heavy atom. The number of hydrogen-bond acceptors (Lipinski definition) is 4. The van der Waals surface area contributed by atoms with Crippen molar-refractivity contribution in [1.29, 1.82) is 0 Å². The Morgan fingerprint density at radius 3 is 2.41 bits per heavy atom. The van der Waals surface area contributed by atoms with E-state index in [1.54, 1.807) is 0 Å². The van der Waals surface area contributed by atoms with Crippen molar-refractivity contribution >= 4 is 23.2 Å². The summed E-state index contributed by atoms with van der Waals surface area (Å²) in [6.45, 7) is 2.41. The Kier molecular flexibility index (Phi) is 7.24. The first-order valence-corrected chi connectivity index (χ1v) is 10.3. The van der Waals surface area contributed by atoms with Gasteiger partial charge in [-0.3, -0.25) is 14.5 Å². The molecule has 27 heavy (non-hydrogen) atoms. The summed E-state index contributed by atoms with van der Waals surface area (Å²) in [5, 5.41) is 5.94. The van der Waals surface area contributed by atoms with Gasteiger partial charge in [0, 0.05) is 23.3 Å². The molecule has 6 nitrogen and oxygen atoms in total. The van der Waals surface area contributed by atoms with Crippen LogP contribution in [-0.2, 0) is 9.59 Å². The predicted molar refractivity (Wildman–Crippen MR) is 109 cm³/mol. The number of nitrogens with one attached hydrogen (secondary N) is 2. The van der Waals surface area contributed by atoms with E-state index in [0.717, 1.165) is 38.8 Å². The molecule has 1 saturated carbocycles. The van der Waals surface area contributed by atoms with Gasteiger partial charge in [-0.05, 0) is 63.4 Å². The summed E-state index contributed by atoms with van der Waals surface area (Å²) >= 11 is 0. The van der Waals surface area contributed by atoms with Crippen molar-refractivity contribution in [2.24, 2.45) is 11.7 Å². The number of rotatable bonds is 5. The second-order valence-electron chi connectivity index (χ2n) is 7.93. The molecule has 0 spiro atoms. The molecule has 0 radical (unpaired) electrons. The summed E-state index contributed by atoms with van der Waals surface area (Å²) in [6.07, 6.45) is 8.49. The normalized spacial score (nSPS) is 24.0. The van der Waals surface area contributed by atoms with Gasteiger partial charge in [0.2, 0.25) is 11.8 Å². The third kappa shape index (κ3) is 6.33. The highest BCUT2D eigenvalue weighted by molar-refractivity contribution is 5.95. The van der Waals surface area contributed by atoms with Crippen molar-refractivity contribution in [1.82, 2.24) is 4.90 Å². The van der Waals surface area contributed by atoms with Crippen molar-refractivity contribution in [3.05, 3.63) is 24.3 Å². The molecule has 2 aliphatic rings.